The summed E-state index contributed by atoms with van der Waals surface area (Å²) in [7, 11) is -3.96. The van der Waals surface area contributed by atoms with Gasteiger partial charge in [0.2, 0.25) is 0 Å². The molecule has 11 heteroatoms. The number of thiophene rings is 1. The molecule has 3 amide bonds. The minimum atomic E-state index is -3.96. The molecular weight excluding hydrogens is 474 g/mol. The zero-order valence-corrected chi connectivity index (χ0v) is 20.8. The largest absolute Gasteiger partial charge is 0.350 e. The molecule has 4 rings (SSSR count). The fourth-order valence-corrected chi connectivity index (χ4v) is 7.14. The van der Waals surface area contributed by atoms with Crippen LogP contribution in [0.3, 0.4) is 0 Å². The first-order valence-electron chi connectivity index (χ1n) is 11.5. The number of rotatable bonds is 5. The minimum Gasteiger partial charge on any atom is -0.350 e. The standard InChI is InChI=1S/C23H31N5O4S2/c1-16-5-9-19(10-6-16)26-23(30)27-13-3-14-28(34(31,32)20-4-2-15-33-20)22(27)21(29)25-18-11-7-17(24)8-12-18/h2,4-6,9-10,15,17-18,22H,3,7-8,11-14,24H2,1H3,(H,25,29)(H,26,30). The number of nitrogens with zero attached hydrogens (tertiary/aromatic N) is 2. The second-order valence-corrected chi connectivity index (χ2v) is 12.0. The molecule has 1 saturated carbocycles. The third-order valence-corrected chi connectivity index (χ3v) is 9.55. The highest BCUT2D eigenvalue weighted by atomic mass is 32.2. The fraction of sp³-hybridized carbons (Fsp3) is 0.478. The molecule has 2 aromatic rings. The van der Waals surface area contributed by atoms with Gasteiger partial charge in [-0.2, -0.15) is 4.31 Å². The highest BCUT2D eigenvalue weighted by molar-refractivity contribution is 7.91. The monoisotopic (exact) mass is 505 g/mol. The van der Waals surface area contributed by atoms with E-state index in [1.807, 2.05) is 19.1 Å². The van der Waals surface area contributed by atoms with E-state index in [-0.39, 0.29) is 29.4 Å². The Morgan fingerprint density at radius 2 is 1.76 bits per heavy atom. The van der Waals surface area contributed by atoms with Crippen LogP contribution < -0.4 is 16.4 Å². The molecule has 4 N–H and O–H groups in total. The van der Waals surface area contributed by atoms with Crippen LogP contribution in [0.1, 0.15) is 37.7 Å². The van der Waals surface area contributed by atoms with Crippen molar-refractivity contribution in [2.24, 2.45) is 5.73 Å². The van der Waals surface area contributed by atoms with Gasteiger partial charge in [0.05, 0.1) is 0 Å². The molecule has 1 aromatic heterocycles. The molecule has 2 fully saturated rings. The molecule has 1 unspecified atom stereocenters. The summed E-state index contributed by atoms with van der Waals surface area (Å²) in [6.45, 7) is 2.37. The van der Waals surface area contributed by atoms with Crippen molar-refractivity contribution in [3.05, 3.63) is 47.3 Å². The number of hydrogen-bond acceptors (Lipinski definition) is 6. The molecule has 34 heavy (non-hydrogen) atoms. The summed E-state index contributed by atoms with van der Waals surface area (Å²) < 4.78 is 28.2. The van der Waals surface area contributed by atoms with E-state index in [4.69, 9.17) is 5.73 Å². The number of sulfonamides is 1. The van der Waals surface area contributed by atoms with E-state index >= 15 is 0 Å². The van der Waals surface area contributed by atoms with Crippen molar-refractivity contribution < 1.29 is 18.0 Å². The Balaban J connectivity index is 1.61. The van der Waals surface area contributed by atoms with Crippen molar-refractivity contribution in [3.8, 4) is 0 Å². The lowest BCUT2D eigenvalue weighted by atomic mass is 9.92. The van der Waals surface area contributed by atoms with Gasteiger partial charge in [-0.1, -0.05) is 23.8 Å². The van der Waals surface area contributed by atoms with Crippen LogP contribution in [0.15, 0.2) is 46.0 Å². The molecule has 184 valence electrons. The van der Waals surface area contributed by atoms with Gasteiger partial charge in [0.1, 0.15) is 4.21 Å². The Hall–Kier alpha value is -2.47. The average molecular weight is 506 g/mol. The van der Waals surface area contributed by atoms with Crippen LogP contribution in [0.5, 0.6) is 0 Å². The van der Waals surface area contributed by atoms with E-state index in [0.29, 0.717) is 12.1 Å². The smallest absolute Gasteiger partial charge is 0.323 e. The molecule has 0 bridgehead atoms. The molecule has 1 atom stereocenters. The normalized spacial score (nSPS) is 23.9. The Kier molecular flexibility index (Phi) is 7.56. The number of benzene rings is 1. The van der Waals surface area contributed by atoms with Crippen LogP contribution in [0.25, 0.3) is 0 Å². The second kappa shape index (κ2) is 10.4. The summed E-state index contributed by atoms with van der Waals surface area (Å²) in [5, 5.41) is 7.48. The Labute approximate surface area is 204 Å². The quantitative estimate of drug-likeness (QED) is 0.576. The predicted octanol–water partition coefficient (Wildman–Crippen LogP) is 2.70. The number of urea groups is 1. The maximum atomic E-state index is 13.5. The Morgan fingerprint density at radius 3 is 2.41 bits per heavy atom. The predicted molar refractivity (Wildman–Crippen MR) is 132 cm³/mol. The van der Waals surface area contributed by atoms with Gasteiger partial charge < -0.3 is 16.4 Å². The maximum Gasteiger partial charge on any atom is 0.323 e. The summed E-state index contributed by atoms with van der Waals surface area (Å²) in [4.78, 5) is 28.1. The molecule has 0 spiro atoms. The van der Waals surface area contributed by atoms with Gasteiger partial charge in [-0.15, -0.1) is 11.3 Å². The van der Waals surface area contributed by atoms with E-state index < -0.39 is 28.1 Å². The van der Waals surface area contributed by atoms with Crippen LogP contribution in [-0.4, -0.2) is 60.9 Å². The SMILES string of the molecule is Cc1ccc(NC(=O)N2CCCN(S(=O)(=O)c3cccs3)C2C(=O)NC2CCC(N)CC2)cc1. The fourth-order valence-electron chi connectivity index (χ4n) is 4.43. The number of nitrogens with two attached hydrogens (primary N) is 1. The van der Waals surface area contributed by atoms with Gasteiger partial charge in [0.25, 0.3) is 15.9 Å². The summed E-state index contributed by atoms with van der Waals surface area (Å²) in [6, 6.07) is 9.98. The van der Waals surface area contributed by atoms with Crippen molar-refractivity contribution in [2.75, 3.05) is 18.4 Å². The van der Waals surface area contributed by atoms with Crippen LogP contribution in [-0.2, 0) is 14.8 Å². The molecule has 1 aromatic carbocycles. The van der Waals surface area contributed by atoms with Crippen molar-refractivity contribution in [1.82, 2.24) is 14.5 Å². The number of hydrogen-bond donors (Lipinski definition) is 3. The molecule has 1 aliphatic carbocycles. The molecule has 2 aliphatic rings. The van der Waals surface area contributed by atoms with E-state index in [2.05, 4.69) is 10.6 Å². The molecular formula is C23H31N5O4S2. The van der Waals surface area contributed by atoms with Crippen LogP contribution in [0.4, 0.5) is 10.5 Å². The van der Waals surface area contributed by atoms with Crippen LogP contribution in [0, 0.1) is 6.92 Å². The van der Waals surface area contributed by atoms with Crippen molar-refractivity contribution >= 4 is 39.0 Å². The topological polar surface area (TPSA) is 125 Å². The summed E-state index contributed by atoms with van der Waals surface area (Å²) >= 11 is 1.09. The van der Waals surface area contributed by atoms with Gasteiger partial charge in [0, 0.05) is 30.9 Å². The van der Waals surface area contributed by atoms with E-state index in [1.54, 1.807) is 23.6 Å². The highest BCUT2D eigenvalue weighted by Gasteiger charge is 2.45. The van der Waals surface area contributed by atoms with E-state index in [0.717, 1.165) is 46.9 Å². The number of carbonyl (C=O) groups excluding carboxylic acids is 2. The summed E-state index contributed by atoms with van der Waals surface area (Å²) in [5.41, 5.74) is 7.62. The number of anilines is 1. The first-order valence-corrected chi connectivity index (χ1v) is 13.8. The zero-order valence-electron chi connectivity index (χ0n) is 19.1. The second-order valence-electron chi connectivity index (χ2n) is 8.88. The lowest BCUT2D eigenvalue weighted by Crippen LogP contribution is -2.64. The van der Waals surface area contributed by atoms with Crippen LogP contribution >= 0.6 is 11.3 Å². The summed E-state index contributed by atoms with van der Waals surface area (Å²) in [5.74, 6) is -0.487. The van der Waals surface area contributed by atoms with Crippen molar-refractivity contribution in [2.45, 2.75) is 61.5 Å². The molecule has 1 aliphatic heterocycles. The Bertz CT molecular complexity index is 1100. The zero-order chi connectivity index (χ0) is 24.3. The van der Waals surface area contributed by atoms with Gasteiger partial charge in [-0.3, -0.25) is 9.69 Å². The Morgan fingerprint density at radius 1 is 1.06 bits per heavy atom. The van der Waals surface area contributed by atoms with Crippen molar-refractivity contribution in [3.63, 3.8) is 0 Å². The first kappa shape index (κ1) is 24.6. The summed E-state index contributed by atoms with van der Waals surface area (Å²) in [6.07, 6.45) is 2.20. The van der Waals surface area contributed by atoms with Crippen molar-refractivity contribution in [1.29, 1.82) is 0 Å². The molecule has 9 nitrogen and oxygen atoms in total. The van der Waals surface area contributed by atoms with Gasteiger partial charge in [0.15, 0.2) is 6.17 Å². The lowest BCUT2D eigenvalue weighted by molar-refractivity contribution is -0.131. The third kappa shape index (κ3) is 5.43. The number of amides is 3. The maximum absolute atomic E-state index is 13.5. The third-order valence-electron chi connectivity index (χ3n) is 6.32. The number of carbonyl (C=O) groups is 2. The van der Waals surface area contributed by atoms with E-state index in [1.165, 1.54) is 11.0 Å². The van der Waals surface area contributed by atoms with Gasteiger partial charge >= 0.3 is 6.03 Å². The number of aryl methyl sites for hydroxylation is 1. The minimum absolute atomic E-state index is 0.0949. The average Bonchev–Trinajstić information content (AvgIpc) is 3.37. The molecule has 1 saturated heterocycles. The first-order chi connectivity index (χ1) is 16.3. The lowest BCUT2D eigenvalue weighted by Gasteiger charge is -2.42. The van der Waals surface area contributed by atoms with Gasteiger partial charge in [-0.25, -0.2) is 13.2 Å². The van der Waals surface area contributed by atoms with Crippen LogP contribution in [0.2, 0.25) is 0 Å². The number of nitrogens with one attached hydrogen (secondary N) is 2. The highest BCUT2D eigenvalue weighted by Crippen LogP contribution is 2.28. The van der Waals surface area contributed by atoms with Gasteiger partial charge in [-0.05, 0) is 62.6 Å². The van der Waals surface area contributed by atoms with E-state index in [9.17, 15) is 18.0 Å². The molecule has 2 heterocycles. The molecule has 0 radical (unpaired) electrons.